The largest absolute Gasteiger partial charge is 0.380 e. The topological polar surface area (TPSA) is 88.8 Å². The molecule has 14 heavy (non-hydrogen) atoms. The van der Waals surface area contributed by atoms with E-state index in [0.29, 0.717) is 0 Å². The lowest BCUT2D eigenvalue weighted by Gasteiger charge is -2.20. The lowest BCUT2D eigenvalue weighted by Crippen LogP contribution is -2.29. The Morgan fingerprint density at radius 2 is 2.00 bits per heavy atom. The number of nitrogens with one attached hydrogen (secondary N) is 1. The molecule has 0 unspecified atom stereocenters. The van der Waals surface area contributed by atoms with E-state index in [2.05, 4.69) is 10.2 Å². The number of nitrogens with two attached hydrogens (primary N) is 1. The predicted octanol–water partition coefficient (Wildman–Crippen LogP) is 0.411. The molecule has 0 aromatic carbocycles. The van der Waals surface area contributed by atoms with Crippen LogP contribution in [0.25, 0.3) is 0 Å². The van der Waals surface area contributed by atoms with Crippen molar-refractivity contribution in [3.63, 3.8) is 0 Å². The first-order chi connectivity index (χ1) is 6.18. The van der Waals surface area contributed by atoms with Crippen LogP contribution in [0.1, 0.15) is 19.5 Å². The van der Waals surface area contributed by atoms with Crippen molar-refractivity contribution in [2.24, 2.45) is 0 Å². The number of nitrogens with zero attached hydrogens (tertiary/aromatic N) is 1. The number of aromatic nitrogens is 2. The monoisotopic (exact) mass is 221 g/mol. The summed E-state index contributed by atoms with van der Waals surface area (Å²) in [7, 11) is -3.43. The molecular weight excluding hydrogens is 209 g/mol. The normalized spacial score (nSPS) is 13.1. The van der Waals surface area contributed by atoms with Crippen molar-refractivity contribution in [3.8, 4) is 0 Å². The Balaban J connectivity index is 3.38. The summed E-state index contributed by atoms with van der Waals surface area (Å²) in [6.07, 6.45) is 1.03. The molecule has 1 heterocycles. The zero-order chi connectivity index (χ0) is 11.1. The third-order valence-corrected chi connectivity index (χ3v) is 4.32. The molecule has 0 saturated heterocycles. The molecule has 3 N–H and O–H groups in total. The zero-order valence-electron chi connectivity index (χ0n) is 8.13. The highest BCUT2D eigenvalue weighted by Crippen LogP contribution is 2.30. The van der Waals surface area contributed by atoms with E-state index >= 15 is 0 Å². The summed E-state index contributed by atoms with van der Waals surface area (Å²) in [4.78, 5) is 0. The van der Waals surface area contributed by atoms with Crippen LogP contribution in [0.5, 0.6) is 0 Å². The Bertz CT molecular complexity index is 450. The number of hydrogen-bond donors (Lipinski definition) is 2. The fraction of sp³-hybridized carbons (Fsp3) is 0.571. The molecule has 0 atom stereocenters. The average molecular weight is 221 g/mol. The van der Waals surface area contributed by atoms with E-state index in [9.17, 15) is 12.8 Å². The van der Waals surface area contributed by atoms with Gasteiger partial charge in [-0.2, -0.15) is 5.10 Å². The van der Waals surface area contributed by atoms with Gasteiger partial charge in [0.2, 0.25) is 0 Å². The number of nitrogen functional groups attached to an aromatic ring is 1. The molecule has 0 saturated carbocycles. The zero-order valence-corrected chi connectivity index (χ0v) is 8.94. The van der Waals surface area contributed by atoms with Gasteiger partial charge in [-0.15, -0.1) is 0 Å². The van der Waals surface area contributed by atoms with Crippen LogP contribution in [0.15, 0.2) is 0 Å². The van der Waals surface area contributed by atoms with Crippen molar-refractivity contribution in [2.45, 2.75) is 18.6 Å². The summed E-state index contributed by atoms with van der Waals surface area (Å²) in [5.41, 5.74) is 5.05. The maximum absolute atomic E-state index is 13.3. The van der Waals surface area contributed by atoms with Gasteiger partial charge < -0.3 is 5.73 Å². The lowest BCUT2D eigenvalue weighted by atomic mass is 10.1. The smallest absolute Gasteiger partial charge is 0.189 e. The molecule has 0 aliphatic carbocycles. The van der Waals surface area contributed by atoms with Crippen molar-refractivity contribution in [1.29, 1.82) is 0 Å². The van der Waals surface area contributed by atoms with Crippen LogP contribution in [0, 0.1) is 5.82 Å². The summed E-state index contributed by atoms with van der Waals surface area (Å²) in [6, 6.07) is 0. The molecule has 0 aliphatic rings. The molecule has 0 amide bonds. The van der Waals surface area contributed by atoms with E-state index in [0.717, 1.165) is 6.26 Å². The van der Waals surface area contributed by atoms with Gasteiger partial charge in [0.1, 0.15) is 4.75 Å². The molecule has 0 spiro atoms. The van der Waals surface area contributed by atoms with Gasteiger partial charge in [0.05, 0.1) is 5.69 Å². The number of H-pyrrole nitrogens is 1. The summed E-state index contributed by atoms with van der Waals surface area (Å²) in [5.74, 6) is -1.13. The van der Waals surface area contributed by atoms with Crippen LogP contribution >= 0.6 is 0 Å². The van der Waals surface area contributed by atoms with E-state index in [1.54, 1.807) is 0 Å². The van der Waals surface area contributed by atoms with Crippen LogP contribution in [-0.4, -0.2) is 24.9 Å². The Morgan fingerprint density at radius 3 is 2.29 bits per heavy atom. The minimum Gasteiger partial charge on any atom is -0.380 e. The lowest BCUT2D eigenvalue weighted by molar-refractivity contribution is 0.533. The highest BCUT2D eigenvalue weighted by atomic mass is 32.2. The van der Waals surface area contributed by atoms with Gasteiger partial charge in [-0.05, 0) is 13.8 Å². The van der Waals surface area contributed by atoms with E-state index in [-0.39, 0.29) is 11.5 Å². The minimum atomic E-state index is -3.43. The maximum atomic E-state index is 13.3. The molecule has 1 rings (SSSR count). The van der Waals surface area contributed by atoms with E-state index < -0.39 is 20.4 Å². The molecule has 1 aromatic heterocycles. The number of anilines is 1. The van der Waals surface area contributed by atoms with E-state index in [4.69, 9.17) is 5.73 Å². The standard InChI is InChI=1S/C7H12FN3O2S/c1-7(2,14(3,12)13)5-4(8)6(9)11-10-5/h1-3H3,(H3,9,10,11). The maximum Gasteiger partial charge on any atom is 0.189 e. The van der Waals surface area contributed by atoms with Crippen molar-refractivity contribution in [1.82, 2.24) is 10.2 Å². The Morgan fingerprint density at radius 1 is 1.50 bits per heavy atom. The first kappa shape index (κ1) is 11.0. The van der Waals surface area contributed by atoms with Crippen molar-refractivity contribution >= 4 is 15.7 Å². The van der Waals surface area contributed by atoms with Crippen molar-refractivity contribution in [2.75, 3.05) is 12.0 Å². The van der Waals surface area contributed by atoms with Gasteiger partial charge in [-0.3, -0.25) is 5.10 Å². The third kappa shape index (κ3) is 1.47. The van der Waals surface area contributed by atoms with Crippen molar-refractivity contribution < 1.29 is 12.8 Å². The Kier molecular flexibility index (Phi) is 2.31. The Labute approximate surface area is 81.4 Å². The van der Waals surface area contributed by atoms with Crippen molar-refractivity contribution in [3.05, 3.63) is 11.5 Å². The average Bonchev–Trinajstić information content (AvgIpc) is 2.30. The summed E-state index contributed by atoms with van der Waals surface area (Å²) in [5, 5.41) is 5.70. The first-order valence-electron chi connectivity index (χ1n) is 3.87. The second-order valence-corrected chi connectivity index (χ2v) is 6.15. The molecule has 7 heteroatoms. The number of halogens is 1. The Hall–Kier alpha value is -1.11. The van der Waals surface area contributed by atoms with Crippen LogP contribution in [-0.2, 0) is 14.6 Å². The van der Waals surface area contributed by atoms with Gasteiger partial charge in [0.15, 0.2) is 21.5 Å². The van der Waals surface area contributed by atoms with Gasteiger partial charge in [0.25, 0.3) is 0 Å². The highest BCUT2D eigenvalue weighted by Gasteiger charge is 2.37. The molecule has 0 radical (unpaired) electrons. The second-order valence-electron chi connectivity index (χ2n) is 3.58. The minimum absolute atomic E-state index is 0.113. The second kappa shape index (κ2) is 2.94. The van der Waals surface area contributed by atoms with E-state index in [1.807, 2.05) is 0 Å². The summed E-state index contributed by atoms with van der Waals surface area (Å²) >= 11 is 0. The third-order valence-electron chi connectivity index (χ3n) is 2.26. The predicted molar refractivity (Wildman–Crippen MR) is 50.8 cm³/mol. The number of rotatable bonds is 2. The van der Waals surface area contributed by atoms with Crippen LogP contribution in [0.3, 0.4) is 0 Å². The molecule has 5 nitrogen and oxygen atoms in total. The fourth-order valence-electron chi connectivity index (χ4n) is 0.927. The van der Waals surface area contributed by atoms with Gasteiger partial charge in [-0.1, -0.05) is 0 Å². The summed E-state index contributed by atoms with van der Waals surface area (Å²) < 4.78 is 34.7. The highest BCUT2D eigenvalue weighted by molar-refractivity contribution is 7.91. The molecular formula is C7H12FN3O2S. The van der Waals surface area contributed by atoms with Gasteiger partial charge in [0, 0.05) is 6.26 Å². The van der Waals surface area contributed by atoms with Gasteiger partial charge in [-0.25, -0.2) is 12.8 Å². The fourth-order valence-corrected chi connectivity index (χ4v) is 1.43. The van der Waals surface area contributed by atoms with Crippen LogP contribution < -0.4 is 5.73 Å². The SMILES string of the molecule is CC(C)(c1[nH]nc(N)c1F)S(C)(=O)=O. The van der Waals surface area contributed by atoms with Gasteiger partial charge >= 0.3 is 0 Å². The molecule has 1 aromatic rings. The van der Waals surface area contributed by atoms with Crippen LogP contribution in [0.4, 0.5) is 10.2 Å². The molecule has 0 fully saturated rings. The quantitative estimate of drug-likeness (QED) is 0.757. The molecule has 80 valence electrons. The molecule has 0 aliphatic heterocycles. The summed E-state index contributed by atoms with van der Waals surface area (Å²) in [6.45, 7) is 2.77. The van der Waals surface area contributed by atoms with Crippen LogP contribution in [0.2, 0.25) is 0 Å². The first-order valence-corrected chi connectivity index (χ1v) is 5.76. The number of sulfone groups is 1. The van der Waals surface area contributed by atoms with E-state index in [1.165, 1.54) is 13.8 Å². The molecule has 0 bridgehead atoms. The number of hydrogen-bond acceptors (Lipinski definition) is 4. The number of aromatic amines is 1.